The van der Waals surface area contributed by atoms with Crippen LogP contribution >= 0.6 is 0 Å². The molecule has 0 amide bonds. The average molecular weight is 435 g/mol. The summed E-state index contributed by atoms with van der Waals surface area (Å²) < 4.78 is 2.07. The molecule has 3 aromatic rings. The third kappa shape index (κ3) is 4.63. The van der Waals surface area contributed by atoms with Crippen LogP contribution in [0.4, 0.5) is 0 Å². The van der Waals surface area contributed by atoms with Gasteiger partial charge in [0.2, 0.25) is 0 Å². The molecule has 7 heteroatoms. The molecule has 0 saturated heterocycles. The van der Waals surface area contributed by atoms with E-state index in [1.807, 2.05) is 13.0 Å². The zero-order chi connectivity index (χ0) is 21.9. The number of aromatic amines is 1. The molecule has 0 radical (unpaired) electrons. The fourth-order valence-corrected chi connectivity index (χ4v) is 5.56. The SMILES string of the molecule is Cc1ccc2cc(CN(Cc3nnnn3C3CCCCC3)C3CCCCC3)c(=O)[nH]c2c1. The van der Waals surface area contributed by atoms with Crippen LogP contribution in [0, 0.1) is 6.92 Å². The van der Waals surface area contributed by atoms with Crippen LogP contribution in [0.3, 0.4) is 0 Å². The van der Waals surface area contributed by atoms with Crippen molar-refractivity contribution in [1.29, 1.82) is 0 Å². The summed E-state index contributed by atoms with van der Waals surface area (Å²) in [6.07, 6.45) is 12.3. The summed E-state index contributed by atoms with van der Waals surface area (Å²) in [6.45, 7) is 3.37. The molecule has 5 rings (SSSR count). The number of tetrazole rings is 1. The van der Waals surface area contributed by atoms with Gasteiger partial charge in [-0.05, 0) is 66.1 Å². The molecule has 2 aliphatic rings. The predicted octanol–water partition coefficient (Wildman–Crippen LogP) is 4.66. The summed E-state index contributed by atoms with van der Waals surface area (Å²) in [5, 5.41) is 13.9. The van der Waals surface area contributed by atoms with Gasteiger partial charge in [0.15, 0.2) is 5.82 Å². The molecular formula is C25H34N6O. The van der Waals surface area contributed by atoms with Crippen molar-refractivity contribution in [3.63, 3.8) is 0 Å². The number of H-pyrrole nitrogens is 1. The van der Waals surface area contributed by atoms with Gasteiger partial charge in [0.25, 0.3) is 5.56 Å². The summed E-state index contributed by atoms with van der Waals surface area (Å²) in [4.78, 5) is 18.5. The van der Waals surface area contributed by atoms with Crippen molar-refractivity contribution < 1.29 is 0 Å². The maximum atomic E-state index is 13.0. The van der Waals surface area contributed by atoms with Crippen molar-refractivity contribution in [2.75, 3.05) is 0 Å². The minimum absolute atomic E-state index is 0.00998. The van der Waals surface area contributed by atoms with Crippen LogP contribution in [0.15, 0.2) is 29.1 Å². The van der Waals surface area contributed by atoms with Gasteiger partial charge in [-0.3, -0.25) is 9.69 Å². The molecule has 32 heavy (non-hydrogen) atoms. The molecule has 170 valence electrons. The van der Waals surface area contributed by atoms with Gasteiger partial charge in [0.1, 0.15) is 0 Å². The Kier molecular flexibility index (Phi) is 6.35. The molecule has 1 aromatic carbocycles. The van der Waals surface area contributed by atoms with Crippen LogP contribution in [-0.4, -0.2) is 36.1 Å². The number of nitrogens with zero attached hydrogens (tertiary/aromatic N) is 5. The van der Waals surface area contributed by atoms with E-state index in [1.54, 1.807) is 0 Å². The summed E-state index contributed by atoms with van der Waals surface area (Å²) in [5.74, 6) is 0.940. The molecule has 7 nitrogen and oxygen atoms in total. The van der Waals surface area contributed by atoms with Crippen LogP contribution in [0.5, 0.6) is 0 Å². The van der Waals surface area contributed by atoms with Gasteiger partial charge in [-0.1, -0.05) is 50.7 Å². The van der Waals surface area contributed by atoms with Gasteiger partial charge < -0.3 is 4.98 Å². The van der Waals surface area contributed by atoms with Crippen molar-refractivity contribution in [3.8, 4) is 0 Å². The molecular weight excluding hydrogens is 400 g/mol. The minimum atomic E-state index is 0.00998. The molecule has 0 unspecified atom stereocenters. The zero-order valence-corrected chi connectivity index (χ0v) is 19.1. The van der Waals surface area contributed by atoms with Gasteiger partial charge in [0.05, 0.1) is 12.6 Å². The molecule has 2 aromatic heterocycles. The van der Waals surface area contributed by atoms with Gasteiger partial charge >= 0.3 is 0 Å². The zero-order valence-electron chi connectivity index (χ0n) is 19.1. The Morgan fingerprint density at radius 3 is 2.53 bits per heavy atom. The highest BCUT2D eigenvalue weighted by atomic mass is 16.1. The third-order valence-electron chi connectivity index (χ3n) is 7.37. The highest BCUT2D eigenvalue weighted by Crippen LogP contribution is 2.30. The molecule has 0 atom stereocenters. The van der Waals surface area contributed by atoms with E-state index in [0.29, 0.717) is 25.2 Å². The van der Waals surface area contributed by atoms with Crippen LogP contribution in [0.2, 0.25) is 0 Å². The maximum absolute atomic E-state index is 13.0. The second-order valence-corrected chi connectivity index (χ2v) is 9.74. The fourth-order valence-electron chi connectivity index (χ4n) is 5.56. The quantitative estimate of drug-likeness (QED) is 0.610. The lowest BCUT2D eigenvalue weighted by atomic mass is 9.93. The number of aryl methyl sites for hydroxylation is 1. The highest BCUT2D eigenvalue weighted by Gasteiger charge is 2.26. The van der Waals surface area contributed by atoms with Crippen LogP contribution in [0.1, 0.15) is 87.2 Å². The maximum Gasteiger partial charge on any atom is 0.252 e. The van der Waals surface area contributed by atoms with E-state index < -0.39 is 0 Å². The molecule has 2 aliphatic carbocycles. The first-order chi connectivity index (χ1) is 15.7. The van der Waals surface area contributed by atoms with Crippen molar-refractivity contribution in [2.24, 2.45) is 0 Å². The Morgan fingerprint density at radius 2 is 1.75 bits per heavy atom. The summed E-state index contributed by atoms with van der Waals surface area (Å²) in [7, 11) is 0. The van der Waals surface area contributed by atoms with E-state index in [-0.39, 0.29) is 5.56 Å². The number of fused-ring (bicyclic) bond motifs is 1. The van der Waals surface area contributed by atoms with E-state index in [4.69, 9.17) is 0 Å². The number of benzene rings is 1. The van der Waals surface area contributed by atoms with Gasteiger partial charge in [-0.15, -0.1) is 5.10 Å². The van der Waals surface area contributed by atoms with E-state index >= 15 is 0 Å². The first-order valence-electron chi connectivity index (χ1n) is 12.3. The molecule has 2 saturated carbocycles. The fraction of sp³-hybridized carbons (Fsp3) is 0.600. The van der Waals surface area contributed by atoms with Gasteiger partial charge in [0, 0.05) is 23.7 Å². The number of aromatic nitrogens is 5. The minimum Gasteiger partial charge on any atom is -0.322 e. The number of pyridine rings is 1. The van der Waals surface area contributed by atoms with Gasteiger partial charge in [-0.25, -0.2) is 4.68 Å². The lowest BCUT2D eigenvalue weighted by Crippen LogP contribution is -2.38. The average Bonchev–Trinajstić information content (AvgIpc) is 3.28. The summed E-state index contributed by atoms with van der Waals surface area (Å²) in [5.41, 5.74) is 2.89. The van der Waals surface area contributed by atoms with Crippen LogP contribution in [-0.2, 0) is 13.1 Å². The lowest BCUT2D eigenvalue weighted by molar-refractivity contribution is 0.131. The third-order valence-corrected chi connectivity index (χ3v) is 7.37. The Bertz CT molecular complexity index is 1110. The number of hydrogen-bond acceptors (Lipinski definition) is 5. The Balaban J connectivity index is 1.43. The summed E-state index contributed by atoms with van der Waals surface area (Å²) in [6, 6.07) is 9.17. The van der Waals surface area contributed by atoms with Crippen LogP contribution in [0.25, 0.3) is 10.9 Å². The molecule has 2 heterocycles. The first-order valence-corrected chi connectivity index (χ1v) is 12.3. The largest absolute Gasteiger partial charge is 0.322 e. The predicted molar refractivity (Wildman–Crippen MR) is 125 cm³/mol. The number of hydrogen-bond donors (Lipinski definition) is 1. The van der Waals surface area contributed by atoms with E-state index in [2.05, 4.69) is 48.3 Å². The standard InChI is InChI=1S/C25H34N6O/c1-18-12-13-19-15-20(25(32)26-23(19)14-18)16-30(21-8-4-2-5-9-21)17-24-27-28-29-31(24)22-10-6-3-7-11-22/h12-15,21-22H,2-11,16-17H2,1H3,(H,26,32). The second-order valence-electron chi connectivity index (χ2n) is 9.74. The van der Waals surface area contributed by atoms with E-state index in [1.165, 1.54) is 51.4 Å². The molecule has 0 bridgehead atoms. The second kappa shape index (κ2) is 9.53. The normalized spacial score (nSPS) is 18.6. The monoisotopic (exact) mass is 434 g/mol. The van der Waals surface area contributed by atoms with Crippen molar-refractivity contribution in [3.05, 3.63) is 51.6 Å². The Hall–Kier alpha value is -2.54. The highest BCUT2D eigenvalue weighted by molar-refractivity contribution is 5.79. The topological polar surface area (TPSA) is 79.7 Å². The van der Waals surface area contributed by atoms with Crippen LogP contribution < -0.4 is 5.56 Å². The molecule has 0 aliphatic heterocycles. The number of nitrogens with one attached hydrogen (secondary N) is 1. The smallest absolute Gasteiger partial charge is 0.252 e. The van der Waals surface area contributed by atoms with Crippen molar-refractivity contribution in [2.45, 2.75) is 96.3 Å². The van der Waals surface area contributed by atoms with Crippen molar-refractivity contribution in [1.82, 2.24) is 30.1 Å². The van der Waals surface area contributed by atoms with E-state index in [0.717, 1.165) is 40.7 Å². The van der Waals surface area contributed by atoms with Gasteiger partial charge in [-0.2, -0.15) is 0 Å². The Labute approximate surface area is 189 Å². The lowest BCUT2D eigenvalue weighted by Gasteiger charge is -2.34. The number of rotatable bonds is 6. The Morgan fingerprint density at radius 1 is 1.00 bits per heavy atom. The van der Waals surface area contributed by atoms with Crippen molar-refractivity contribution >= 4 is 10.9 Å². The van der Waals surface area contributed by atoms with E-state index in [9.17, 15) is 4.79 Å². The summed E-state index contributed by atoms with van der Waals surface area (Å²) >= 11 is 0. The molecule has 1 N–H and O–H groups in total. The first kappa shape index (κ1) is 21.3. The molecule has 0 spiro atoms. The molecule has 2 fully saturated rings.